The van der Waals surface area contributed by atoms with Crippen molar-refractivity contribution in [2.45, 2.75) is 25.4 Å². The topological polar surface area (TPSA) is 27.7 Å². The third kappa shape index (κ3) is 5.43. The van der Waals surface area contributed by atoms with Gasteiger partial charge in [-0.05, 0) is 0 Å². The average molecular weight is 428 g/mol. The Bertz CT molecular complexity index is 146. The van der Waals surface area contributed by atoms with Crippen molar-refractivity contribution in [3.05, 3.63) is 0 Å². The first-order valence-corrected chi connectivity index (χ1v) is 12.0. The molecule has 1 aliphatic heterocycles. The van der Waals surface area contributed by atoms with E-state index in [0.29, 0.717) is 27.8 Å². The molecule has 3 nitrogen and oxygen atoms in total. The van der Waals surface area contributed by atoms with Crippen molar-refractivity contribution >= 4 is 0 Å². The standard InChI is InChI=1S/C9H18I2O3/c1-10-5-3-4-8-6-12-9(14-8)13-7-11-2/h8-9H,3-7H2,1-2H3/q-2/t8-,9-/m0/s1. The molecule has 0 aromatic rings. The fourth-order valence-electron chi connectivity index (χ4n) is 1.21. The van der Waals surface area contributed by atoms with Crippen LogP contribution in [0.4, 0.5) is 0 Å². The molecular weight excluding hydrogens is 410 g/mol. The summed E-state index contributed by atoms with van der Waals surface area (Å²) in [7, 11) is 0. The van der Waals surface area contributed by atoms with Crippen LogP contribution in [0.2, 0.25) is 0 Å². The summed E-state index contributed by atoms with van der Waals surface area (Å²) < 4.78 is 18.6. The molecule has 0 aliphatic carbocycles. The van der Waals surface area contributed by atoms with E-state index in [1.165, 1.54) is 10.8 Å². The van der Waals surface area contributed by atoms with Crippen LogP contribution in [0, 0.1) is 0 Å². The molecule has 1 rings (SSSR count). The molecule has 5 heteroatoms. The molecule has 0 saturated carbocycles. The molecule has 14 heavy (non-hydrogen) atoms. The maximum absolute atomic E-state index is 5.60. The summed E-state index contributed by atoms with van der Waals surface area (Å²) in [5, 5.41) is 0. The Morgan fingerprint density at radius 3 is 2.93 bits per heavy atom. The van der Waals surface area contributed by atoms with Gasteiger partial charge < -0.3 is 0 Å². The van der Waals surface area contributed by atoms with Gasteiger partial charge in [0.25, 0.3) is 0 Å². The van der Waals surface area contributed by atoms with E-state index in [-0.39, 0.29) is 33.8 Å². The second kappa shape index (κ2) is 8.49. The Kier molecular flexibility index (Phi) is 8.13. The molecule has 2 atom stereocenters. The summed E-state index contributed by atoms with van der Waals surface area (Å²) in [5.74, 6) is 0. The summed E-state index contributed by atoms with van der Waals surface area (Å²) in [5.41, 5.74) is 0. The first-order chi connectivity index (χ1) is 6.86. The van der Waals surface area contributed by atoms with Gasteiger partial charge in [-0.2, -0.15) is 0 Å². The van der Waals surface area contributed by atoms with Gasteiger partial charge in [-0.3, -0.25) is 0 Å². The van der Waals surface area contributed by atoms with Gasteiger partial charge in [0.05, 0.1) is 0 Å². The molecule has 0 spiro atoms. The van der Waals surface area contributed by atoms with Crippen LogP contribution in [0.5, 0.6) is 0 Å². The molecule has 0 N–H and O–H groups in total. The Morgan fingerprint density at radius 1 is 1.36 bits per heavy atom. The number of rotatable bonds is 7. The molecule has 1 saturated heterocycles. The van der Waals surface area contributed by atoms with Gasteiger partial charge in [0, 0.05) is 0 Å². The monoisotopic (exact) mass is 428 g/mol. The van der Waals surface area contributed by atoms with Crippen molar-refractivity contribution in [2.75, 3.05) is 25.5 Å². The minimum atomic E-state index is -0.365. The Hall–Kier alpha value is 1.34. The molecule has 1 aliphatic rings. The summed E-state index contributed by atoms with van der Waals surface area (Å²) in [6, 6.07) is 0. The first kappa shape index (κ1) is 13.4. The van der Waals surface area contributed by atoms with E-state index in [1.807, 2.05) is 0 Å². The molecule has 88 valence electrons. The maximum atomic E-state index is 5.60. The Balaban J connectivity index is 2.02. The van der Waals surface area contributed by atoms with E-state index in [0.717, 1.165) is 11.0 Å². The van der Waals surface area contributed by atoms with Crippen LogP contribution in [-0.2, 0) is 14.2 Å². The Labute approximate surface area is 107 Å². The molecule has 1 fully saturated rings. The van der Waals surface area contributed by atoms with Crippen molar-refractivity contribution in [1.29, 1.82) is 0 Å². The predicted molar refractivity (Wildman–Crippen MR) is 46.5 cm³/mol. The van der Waals surface area contributed by atoms with Crippen LogP contribution < -0.4 is 42.4 Å². The van der Waals surface area contributed by atoms with Gasteiger partial charge in [0.15, 0.2) is 0 Å². The predicted octanol–water partition coefficient (Wildman–Crippen LogP) is -5.12. The molecule has 1 heterocycles. The zero-order valence-electron chi connectivity index (χ0n) is 8.67. The SMILES string of the molecule is C[I-]CCC[C@H]1CO[C@@H](OC[I-]C)O1. The van der Waals surface area contributed by atoms with Crippen molar-refractivity contribution in [3.63, 3.8) is 0 Å². The average Bonchev–Trinajstić information content (AvgIpc) is 2.63. The molecule has 0 bridgehead atoms. The number of halogens is 2. The van der Waals surface area contributed by atoms with Crippen LogP contribution in [-0.4, -0.2) is 38.1 Å². The second-order valence-electron chi connectivity index (χ2n) is 3.02. The van der Waals surface area contributed by atoms with E-state index in [9.17, 15) is 0 Å². The fraction of sp³-hybridized carbons (Fsp3) is 1.00. The molecule has 0 radical (unpaired) electrons. The third-order valence-corrected chi connectivity index (χ3v) is 4.70. The quantitative estimate of drug-likeness (QED) is 0.231. The van der Waals surface area contributed by atoms with Crippen LogP contribution in [0.3, 0.4) is 0 Å². The summed E-state index contributed by atoms with van der Waals surface area (Å²) >= 11 is 0.624. The fourth-order valence-corrected chi connectivity index (χ4v) is 3.07. The second-order valence-corrected chi connectivity index (χ2v) is 7.77. The van der Waals surface area contributed by atoms with Gasteiger partial charge in [0.2, 0.25) is 0 Å². The van der Waals surface area contributed by atoms with Gasteiger partial charge >= 0.3 is 108 Å². The van der Waals surface area contributed by atoms with E-state index in [4.69, 9.17) is 14.2 Å². The van der Waals surface area contributed by atoms with Crippen LogP contribution in [0.15, 0.2) is 0 Å². The molecular formula is C9H18I2O3-2. The van der Waals surface area contributed by atoms with E-state index >= 15 is 0 Å². The summed E-state index contributed by atoms with van der Waals surface area (Å²) in [6.45, 7) is 0.352. The summed E-state index contributed by atoms with van der Waals surface area (Å²) in [6.07, 6.45) is 2.70. The zero-order valence-corrected chi connectivity index (χ0v) is 13.0. The van der Waals surface area contributed by atoms with Gasteiger partial charge in [-0.1, -0.05) is 0 Å². The number of hydrogen-bond acceptors (Lipinski definition) is 3. The van der Waals surface area contributed by atoms with E-state index in [2.05, 4.69) is 9.86 Å². The van der Waals surface area contributed by atoms with Gasteiger partial charge in [-0.25, -0.2) is 0 Å². The van der Waals surface area contributed by atoms with Gasteiger partial charge in [-0.15, -0.1) is 0 Å². The Morgan fingerprint density at radius 2 is 2.21 bits per heavy atom. The number of ether oxygens (including phenoxy) is 3. The van der Waals surface area contributed by atoms with Crippen molar-refractivity contribution in [1.82, 2.24) is 0 Å². The zero-order chi connectivity index (χ0) is 10.2. The third-order valence-electron chi connectivity index (χ3n) is 1.88. The molecule has 0 aromatic heterocycles. The number of hydrogen-bond donors (Lipinski definition) is 0. The van der Waals surface area contributed by atoms with Crippen molar-refractivity contribution in [2.24, 2.45) is 0 Å². The first-order valence-electron chi connectivity index (χ1n) is 4.63. The van der Waals surface area contributed by atoms with Crippen molar-refractivity contribution < 1.29 is 56.6 Å². The van der Waals surface area contributed by atoms with E-state index in [1.54, 1.807) is 0 Å². The minimum absolute atomic E-state index is 0.183. The van der Waals surface area contributed by atoms with Crippen LogP contribution >= 0.6 is 0 Å². The normalized spacial score (nSPS) is 27.6. The van der Waals surface area contributed by atoms with E-state index < -0.39 is 0 Å². The molecule has 0 aromatic carbocycles. The molecule has 0 unspecified atom stereocenters. The van der Waals surface area contributed by atoms with Gasteiger partial charge in [0.1, 0.15) is 0 Å². The molecule has 0 amide bonds. The summed E-state index contributed by atoms with van der Waals surface area (Å²) in [4.78, 5) is 4.51. The van der Waals surface area contributed by atoms with Crippen LogP contribution in [0.25, 0.3) is 0 Å². The van der Waals surface area contributed by atoms with Crippen molar-refractivity contribution in [3.8, 4) is 0 Å². The number of alkyl halides is 4. The van der Waals surface area contributed by atoms with Crippen LogP contribution in [0.1, 0.15) is 12.8 Å².